The van der Waals surface area contributed by atoms with Crippen molar-refractivity contribution in [2.75, 3.05) is 25.0 Å². The highest BCUT2D eigenvalue weighted by atomic mass is 16.6. The second kappa shape index (κ2) is 9.64. The second-order valence-corrected chi connectivity index (χ2v) is 6.46. The Morgan fingerprint density at radius 3 is 2.75 bits per heavy atom. The van der Waals surface area contributed by atoms with Crippen LogP contribution in [0.5, 0.6) is 11.5 Å². The van der Waals surface area contributed by atoms with Crippen LogP contribution in [0.1, 0.15) is 19.4 Å². The number of anilines is 1. The molecule has 1 atom stereocenters. The summed E-state index contributed by atoms with van der Waals surface area (Å²) < 4.78 is 11.7. The van der Waals surface area contributed by atoms with Gasteiger partial charge in [0.25, 0.3) is 0 Å². The van der Waals surface area contributed by atoms with Crippen LogP contribution in [0.4, 0.5) is 5.69 Å². The van der Waals surface area contributed by atoms with E-state index in [0.717, 1.165) is 29.3 Å². The number of nitrogens with one attached hydrogen (secondary N) is 3. The summed E-state index contributed by atoms with van der Waals surface area (Å²) in [6, 6.07) is 15.3. The fourth-order valence-corrected chi connectivity index (χ4v) is 2.84. The zero-order chi connectivity index (χ0) is 19.8. The summed E-state index contributed by atoms with van der Waals surface area (Å²) in [7, 11) is 0. The molecule has 1 aliphatic rings. The van der Waals surface area contributed by atoms with Crippen molar-refractivity contribution < 1.29 is 14.3 Å². The SMILES string of the molecule is CCNC(=NCc1cccc(NC(C)=O)c1)NCC1COc2ccccc2O1. The summed E-state index contributed by atoms with van der Waals surface area (Å²) in [4.78, 5) is 15.8. The highest BCUT2D eigenvalue weighted by Crippen LogP contribution is 2.30. The van der Waals surface area contributed by atoms with Crippen molar-refractivity contribution in [3.63, 3.8) is 0 Å². The molecule has 7 heteroatoms. The molecule has 148 valence electrons. The molecule has 0 fully saturated rings. The normalized spacial score (nSPS) is 15.6. The highest BCUT2D eigenvalue weighted by Gasteiger charge is 2.20. The average Bonchev–Trinajstić information content (AvgIpc) is 2.70. The van der Waals surface area contributed by atoms with Gasteiger partial charge in [-0.2, -0.15) is 0 Å². The van der Waals surface area contributed by atoms with E-state index < -0.39 is 0 Å². The summed E-state index contributed by atoms with van der Waals surface area (Å²) in [6.07, 6.45) is -0.0955. The number of ether oxygens (including phenoxy) is 2. The Balaban J connectivity index is 1.57. The van der Waals surface area contributed by atoms with Crippen LogP contribution in [0, 0.1) is 0 Å². The molecule has 3 N–H and O–H groups in total. The monoisotopic (exact) mass is 382 g/mol. The number of carbonyl (C=O) groups excluding carboxylic acids is 1. The summed E-state index contributed by atoms with van der Waals surface area (Å²) in [5, 5.41) is 9.32. The lowest BCUT2D eigenvalue weighted by molar-refractivity contribution is -0.114. The Morgan fingerprint density at radius 2 is 1.96 bits per heavy atom. The predicted octanol–water partition coefficient (Wildman–Crippen LogP) is 2.54. The maximum Gasteiger partial charge on any atom is 0.221 e. The first-order valence-corrected chi connectivity index (χ1v) is 9.41. The molecular weight excluding hydrogens is 356 g/mol. The van der Waals surface area contributed by atoms with E-state index in [-0.39, 0.29) is 12.0 Å². The largest absolute Gasteiger partial charge is 0.486 e. The zero-order valence-corrected chi connectivity index (χ0v) is 16.2. The van der Waals surface area contributed by atoms with Gasteiger partial charge in [0.15, 0.2) is 17.5 Å². The third-order valence-corrected chi connectivity index (χ3v) is 4.08. The first-order chi connectivity index (χ1) is 13.6. The molecule has 0 aliphatic carbocycles. The van der Waals surface area contributed by atoms with Gasteiger partial charge in [0, 0.05) is 19.2 Å². The number of amides is 1. The van der Waals surface area contributed by atoms with Gasteiger partial charge in [-0.3, -0.25) is 4.79 Å². The van der Waals surface area contributed by atoms with Crippen LogP contribution in [0.25, 0.3) is 0 Å². The molecule has 0 aromatic heterocycles. The first-order valence-electron chi connectivity index (χ1n) is 9.41. The zero-order valence-electron chi connectivity index (χ0n) is 16.2. The smallest absolute Gasteiger partial charge is 0.221 e. The molecule has 1 unspecified atom stereocenters. The van der Waals surface area contributed by atoms with Gasteiger partial charge in [-0.1, -0.05) is 24.3 Å². The van der Waals surface area contributed by atoms with Crippen molar-refractivity contribution in [3.05, 3.63) is 54.1 Å². The van der Waals surface area contributed by atoms with Crippen LogP contribution < -0.4 is 25.4 Å². The minimum atomic E-state index is -0.0955. The van der Waals surface area contributed by atoms with Crippen LogP contribution in [0.15, 0.2) is 53.5 Å². The predicted molar refractivity (Wildman–Crippen MR) is 110 cm³/mol. The third-order valence-electron chi connectivity index (χ3n) is 4.08. The molecule has 28 heavy (non-hydrogen) atoms. The number of aliphatic imine (C=N–C) groups is 1. The van der Waals surface area contributed by atoms with Gasteiger partial charge >= 0.3 is 0 Å². The van der Waals surface area contributed by atoms with Gasteiger partial charge < -0.3 is 25.4 Å². The first kappa shape index (κ1) is 19.5. The van der Waals surface area contributed by atoms with E-state index >= 15 is 0 Å². The lowest BCUT2D eigenvalue weighted by Crippen LogP contribution is -2.45. The van der Waals surface area contributed by atoms with E-state index in [1.807, 2.05) is 55.5 Å². The molecular formula is C21H26N4O3. The van der Waals surface area contributed by atoms with E-state index in [9.17, 15) is 4.79 Å². The van der Waals surface area contributed by atoms with Crippen LogP contribution in [0.3, 0.4) is 0 Å². The Hall–Kier alpha value is -3.22. The molecule has 1 aliphatic heterocycles. The molecule has 0 saturated carbocycles. The standard InChI is InChI=1S/C21H26N4O3/c1-3-22-21(23-12-16-7-6-8-17(11-16)25-15(2)26)24-13-18-14-27-19-9-4-5-10-20(19)28-18/h4-11,18H,3,12-14H2,1-2H3,(H,25,26)(H2,22,23,24). The molecule has 0 spiro atoms. The molecule has 0 radical (unpaired) electrons. The number of hydrogen-bond donors (Lipinski definition) is 3. The highest BCUT2D eigenvalue weighted by molar-refractivity contribution is 5.88. The molecule has 7 nitrogen and oxygen atoms in total. The van der Waals surface area contributed by atoms with Crippen molar-refractivity contribution in [2.24, 2.45) is 4.99 Å². The van der Waals surface area contributed by atoms with E-state index in [4.69, 9.17) is 9.47 Å². The van der Waals surface area contributed by atoms with Gasteiger partial charge in [0.1, 0.15) is 12.7 Å². The molecule has 3 rings (SSSR count). The Morgan fingerprint density at radius 1 is 1.14 bits per heavy atom. The van der Waals surface area contributed by atoms with Gasteiger partial charge in [0.2, 0.25) is 5.91 Å². The van der Waals surface area contributed by atoms with Crippen LogP contribution >= 0.6 is 0 Å². The number of hydrogen-bond acceptors (Lipinski definition) is 4. The number of nitrogens with zero attached hydrogens (tertiary/aromatic N) is 1. The van der Waals surface area contributed by atoms with E-state index in [0.29, 0.717) is 25.7 Å². The van der Waals surface area contributed by atoms with E-state index in [2.05, 4.69) is 20.9 Å². The van der Waals surface area contributed by atoms with Gasteiger partial charge in [-0.05, 0) is 36.8 Å². The number of fused-ring (bicyclic) bond motifs is 1. The lowest BCUT2D eigenvalue weighted by atomic mass is 10.2. The lowest BCUT2D eigenvalue weighted by Gasteiger charge is -2.27. The number of para-hydroxylation sites is 2. The van der Waals surface area contributed by atoms with Gasteiger partial charge in [0.05, 0.1) is 13.1 Å². The molecule has 0 bridgehead atoms. The van der Waals surface area contributed by atoms with Crippen molar-refractivity contribution in [1.29, 1.82) is 0 Å². The van der Waals surface area contributed by atoms with Crippen LogP contribution in [-0.4, -0.2) is 37.7 Å². The molecule has 2 aromatic rings. The minimum Gasteiger partial charge on any atom is -0.486 e. The number of guanidine groups is 1. The maximum atomic E-state index is 11.2. The quantitative estimate of drug-likeness (QED) is 0.528. The summed E-state index contributed by atoms with van der Waals surface area (Å²) in [6.45, 7) is 5.82. The fourth-order valence-electron chi connectivity index (χ4n) is 2.84. The second-order valence-electron chi connectivity index (χ2n) is 6.46. The van der Waals surface area contributed by atoms with Crippen molar-refractivity contribution in [3.8, 4) is 11.5 Å². The van der Waals surface area contributed by atoms with Crippen LogP contribution in [-0.2, 0) is 11.3 Å². The van der Waals surface area contributed by atoms with E-state index in [1.165, 1.54) is 6.92 Å². The van der Waals surface area contributed by atoms with Crippen LogP contribution in [0.2, 0.25) is 0 Å². The third kappa shape index (κ3) is 5.64. The fraction of sp³-hybridized carbons (Fsp3) is 0.333. The maximum absolute atomic E-state index is 11.2. The number of carbonyl (C=O) groups is 1. The van der Waals surface area contributed by atoms with Gasteiger partial charge in [-0.15, -0.1) is 0 Å². The molecule has 1 heterocycles. The summed E-state index contributed by atoms with van der Waals surface area (Å²) >= 11 is 0. The molecule has 2 aromatic carbocycles. The number of benzene rings is 2. The topological polar surface area (TPSA) is 84.0 Å². The Labute approximate surface area is 165 Å². The summed E-state index contributed by atoms with van der Waals surface area (Å²) in [5.74, 6) is 2.15. The Kier molecular flexibility index (Phi) is 6.73. The summed E-state index contributed by atoms with van der Waals surface area (Å²) in [5.41, 5.74) is 1.78. The van der Waals surface area contributed by atoms with Crippen molar-refractivity contribution in [1.82, 2.24) is 10.6 Å². The minimum absolute atomic E-state index is 0.0908. The van der Waals surface area contributed by atoms with E-state index in [1.54, 1.807) is 0 Å². The van der Waals surface area contributed by atoms with Crippen molar-refractivity contribution in [2.45, 2.75) is 26.5 Å². The average molecular weight is 382 g/mol. The van der Waals surface area contributed by atoms with Crippen molar-refractivity contribution >= 4 is 17.6 Å². The molecule has 0 saturated heterocycles. The van der Waals surface area contributed by atoms with Gasteiger partial charge in [-0.25, -0.2) is 4.99 Å². The molecule has 1 amide bonds. The number of rotatable bonds is 6. The Bertz CT molecular complexity index is 838.